The van der Waals surface area contributed by atoms with Crippen molar-refractivity contribution in [2.24, 2.45) is 0 Å². The second kappa shape index (κ2) is 7.03. The summed E-state index contributed by atoms with van der Waals surface area (Å²) in [6.45, 7) is 6.31. The van der Waals surface area contributed by atoms with Gasteiger partial charge in [0.1, 0.15) is 0 Å². The predicted octanol–water partition coefficient (Wildman–Crippen LogP) is 2.81. The van der Waals surface area contributed by atoms with Crippen molar-refractivity contribution >= 4 is 21.9 Å². The maximum Gasteiger partial charge on any atom is 0.335 e. The Balaban J connectivity index is 0.000000362. The number of alkyl halides is 1. The van der Waals surface area contributed by atoms with Crippen LogP contribution in [0.2, 0.25) is 0 Å². The SMILES string of the molecule is CC(C)(O)C(C)(C)O.O=C(O)c1ccc(CBr)cc1. The monoisotopic (exact) mass is 332 g/mol. The molecule has 5 heteroatoms. The molecule has 1 aromatic rings. The van der Waals surface area contributed by atoms with Gasteiger partial charge in [-0.05, 0) is 45.4 Å². The average Bonchev–Trinajstić information content (AvgIpc) is 2.27. The molecule has 0 bridgehead atoms. The molecule has 19 heavy (non-hydrogen) atoms. The molecule has 108 valence electrons. The Hall–Kier alpha value is -0.910. The minimum absolute atomic E-state index is 0.328. The van der Waals surface area contributed by atoms with Crippen LogP contribution in [0.1, 0.15) is 43.6 Å². The lowest BCUT2D eigenvalue weighted by Gasteiger charge is -2.31. The quantitative estimate of drug-likeness (QED) is 0.744. The summed E-state index contributed by atoms with van der Waals surface area (Å²) in [6, 6.07) is 6.77. The van der Waals surface area contributed by atoms with Crippen LogP contribution in [0.25, 0.3) is 0 Å². The molecule has 3 N–H and O–H groups in total. The lowest BCUT2D eigenvalue weighted by atomic mass is 9.90. The maximum atomic E-state index is 10.4. The van der Waals surface area contributed by atoms with Crippen LogP contribution in [0.4, 0.5) is 0 Å². The zero-order chi connectivity index (χ0) is 15.3. The van der Waals surface area contributed by atoms with E-state index < -0.39 is 17.2 Å². The van der Waals surface area contributed by atoms with Gasteiger partial charge in [-0.15, -0.1) is 0 Å². The number of carboxylic acid groups (broad SMARTS) is 1. The summed E-state index contributed by atoms with van der Waals surface area (Å²) in [7, 11) is 0. The van der Waals surface area contributed by atoms with E-state index >= 15 is 0 Å². The first-order chi connectivity index (χ1) is 8.49. The van der Waals surface area contributed by atoms with E-state index in [1.54, 1.807) is 52.0 Å². The predicted molar refractivity (Wildman–Crippen MR) is 78.6 cm³/mol. The second-order valence-corrected chi connectivity index (χ2v) is 5.81. The third-order valence-corrected chi connectivity index (χ3v) is 3.50. The van der Waals surface area contributed by atoms with Gasteiger partial charge in [-0.1, -0.05) is 28.1 Å². The van der Waals surface area contributed by atoms with Gasteiger partial charge in [0.15, 0.2) is 0 Å². The van der Waals surface area contributed by atoms with E-state index in [0.717, 1.165) is 10.9 Å². The molecule has 0 atom stereocenters. The molecule has 0 saturated carbocycles. The third-order valence-electron chi connectivity index (χ3n) is 2.85. The lowest BCUT2D eigenvalue weighted by Crippen LogP contribution is -2.44. The minimum Gasteiger partial charge on any atom is -0.478 e. The lowest BCUT2D eigenvalue weighted by molar-refractivity contribution is -0.107. The third kappa shape index (κ3) is 6.71. The first kappa shape index (κ1) is 18.1. The Labute approximate surface area is 122 Å². The molecule has 0 saturated heterocycles. The van der Waals surface area contributed by atoms with Crippen molar-refractivity contribution in [1.82, 2.24) is 0 Å². The van der Waals surface area contributed by atoms with Crippen molar-refractivity contribution in [3.63, 3.8) is 0 Å². The summed E-state index contributed by atoms with van der Waals surface area (Å²) >= 11 is 3.27. The van der Waals surface area contributed by atoms with Gasteiger partial charge in [-0.2, -0.15) is 0 Å². The van der Waals surface area contributed by atoms with Crippen LogP contribution in [-0.4, -0.2) is 32.5 Å². The van der Waals surface area contributed by atoms with E-state index in [-0.39, 0.29) is 0 Å². The average molecular weight is 333 g/mol. The topological polar surface area (TPSA) is 77.8 Å². The van der Waals surface area contributed by atoms with Crippen LogP contribution in [0.15, 0.2) is 24.3 Å². The van der Waals surface area contributed by atoms with Crippen LogP contribution in [-0.2, 0) is 5.33 Å². The van der Waals surface area contributed by atoms with Crippen LogP contribution in [0.5, 0.6) is 0 Å². The van der Waals surface area contributed by atoms with Gasteiger partial charge < -0.3 is 15.3 Å². The molecule has 0 amide bonds. The fourth-order valence-electron chi connectivity index (χ4n) is 0.736. The summed E-state index contributed by atoms with van der Waals surface area (Å²) in [5.74, 6) is -0.883. The van der Waals surface area contributed by atoms with Crippen molar-refractivity contribution in [2.45, 2.75) is 44.2 Å². The first-order valence-corrected chi connectivity index (χ1v) is 6.94. The van der Waals surface area contributed by atoms with Crippen molar-refractivity contribution in [1.29, 1.82) is 0 Å². The second-order valence-electron chi connectivity index (χ2n) is 5.25. The Morgan fingerprint density at radius 1 is 1.05 bits per heavy atom. The molecular formula is C14H21BrO4. The van der Waals surface area contributed by atoms with E-state index in [9.17, 15) is 4.79 Å². The molecule has 0 spiro atoms. The first-order valence-electron chi connectivity index (χ1n) is 5.82. The molecule has 0 radical (unpaired) electrons. The zero-order valence-corrected chi connectivity index (χ0v) is 13.2. The molecular weight excluding hydrogens is 312 g/mol. The highest BCUT2D eigenvalue weighted by Gasteiger charge is 2.31. The molecule has 0 fully saturated rings. The van der Waals surface area contributed by atoms with Crippen LogP contribution < -0.4 is 0 Å². The van der Waals surface area contributed by atoms with E-state index in [1.807, 2.05) is 0 Å². The van der Waals surface area contributed by atoms with Gasteiger partial charge in [-0.25, -0.2) is 4.79 Å². The molecule has 0 aliphatic carbocycles. The van der Waals surface area contributed by atoms with E-state index in [1.165, 1.54) is 0 Å². The molecule has 0 unspecified atom stereocenters. The molecule has 0 aromatic heterocycles. The number of aromatic carboxylic acids is 1. The highest BCUT2D eigenvalue weighted by Crippen LogP contribution is 2.19. The van der Waals surface area contributed by atoms with Gasteiger partial charge >= 0.3 is 5.97 Å². The molecule has 1 aromatic carbocycles. The number of benzene rings is 1. The van der Waals surface area contributed by atoms with Gasteiger partial charge in [0.25, 0.3) is 0 Å². The smallest absolute Gasteiger partial charge is 0.335 e. The van der Waals surface area contributed by atoms with Crippen molar-refractivity contribution in [2.75, 3.05) is 0 Å². The number of rotatable bonds is 3. The van der Waals surface area contributed by atoms with E-state index in [2.05, 4.69) is 15.9 Å². The normalized spacial score (nSPS) is 11.5. The number of hydrogen-bond donors (Lipinski definition) is 3. The number of halogens is 1. The summed E-state index contributed by atoms with van der Waals surface area (Å²) in [5.41, 5.74) is -0.607. The van der Waals surface area contributed by atoms with Crippen LogP contribution in [0.3, 0.4) is 0 Å². The standard InChI is InChI=1S/C8H7BrO2.C6H14O2/c9-5-6-1-3-7(4-2-6)8(10)11;1-5(2,7)6(3,4)8/h1-4H,5H2,(H,10,11);7-8H,1-4H3. The molecule has 0 heterocycles. The largest absolute Gasteiger partial charge is 0.478 e. The van der Waals surface area contributed by atoms with Crippen molar-refractivity contribution in [3.05, 3.63) is 35.4 Å². The fraction of sp³-hybridized carbons (Fsp3) is 0.500. The summed E-state index contributed by atoms with van der Waals surface area (Å²) in [4.78, 5) is 10.4. The van der Waals surface area contributed by atoms with Crippen LogP contribution >= 0.6 is 15.9 Å². The number of hydrogen-bond acceptors (Lipinski definition) is 3. The van der Waals surface area contributed by atoms with Gasteiger partial charge in [0.05, 0.1) is 16.8 Å². The molecule has 0 aliphatic rings. The van der Waals surface area contributed by atoms with E-state index in [4.69, 9.17) is 15.3 Å². The van der Waals surface area contributed by atoms with E-state index in [0.29, 0.717) is 5.56 Å². The fourth-order valence-corrected chi connectivity index (χ4v) is 1.11. The van der Waals surface area contributed by atoms with Crippen LogP contribution in [0, 0.1) is 0 Å². The number of aliphatic hydroxyl groups is 2. The molecule has 4 nitrogen and oxygen atoms in total. The Kier molecular flexibility index (Phi) is 6.69. The zero-order valence-electron chi connectivity index (χ0n) is 11.6. The number of carboxylic acids is 1. The summed E-state index contributed by atoms with van der Waals surface area (Å²) in [6.07, 6.45) is 0. The Morgan fingerprint density at radius 3 is 1.63 bits per heavy atom. The Morgan fingerprint density at radius 2 is 1.42 bits per heavy atom. The molecule has 0 aliphatic heterocycles. The summed E-state index contributed by atoms with van der Waals surface area (Å²) < 4.78 is 0. The highest BCUT2D eigenvalue weighted by atomic mass is 79.9. The van der Waals surface area contributed by atoms with Gasteiger partial charge in [-0.3, -0.25) is 0 Å². The summed E-state index contributed by atoms with van der Waals surface area (Å²) in [5, 5.41) is 27.5. The number of carbonyl (C=O) groups is 1. The Bertz CT molecular complexity index is 387. The minimum atomic E-state index is -1.01. The maximum absolute atomic E-state index is 10.4. The van der Waals surface area contributed by atoms with Gasteiger partial charge in [0, 0.05) is 5.33 Å². The van der Waals surface area contributed by atoms with Crippen molar-refractivity contribution in [3.8, 4) is 0 Å². The van der Waals surface area contributed by atoms with Gasteiger partial charge in [0.2, 0.25) is 0 Å². The van der Waals surface area contributed by atoms with Crippen molar-refractivity contribution < 1.29 is 20.1 Å². The molecule has 1 rings (SSSR count). The highest BCUT2D eigenvalue weighted by molar-refractivity contribution is 9.08.